The van der Waals surface area contributed by atoms with Gasteiger partial charge in [0.05, 0.1) is 11.6 Å². The molecule has 0 aliphatic rings. The highest BCUT2D eigenvalue weighted by Crippen LogP contribution is 2.37. The van der Waals surface area contributed by atoms with Crippen LogP contribution in [0.2, 0.25) is 10.0 Å². The maximum Gasteiger partial charge on any atom is 0.180 e. The predicted molar refractivity (Wildman–Crippen MR) is 123 cm³/mol. The Hall–Kier alpha value is -1.46. The van der Waals surface area contributed by atoms with Crippen LogP contribution in [-0.4, -0.2) is 37.7 Å². The Morgan fingerprint density at radius 1 is 0.966 bits per heavy atom. The van der Waals surface area contributed by atoms with Gasteiger partial charge in [0.1, 0.15) is 6.61 Å². The molecule has 2 aromatic rings. The maximum absolute atomic E-state index is 6.52. The standard InChI is InChI=1S/C23H32Cl2N2O2/c1-4-27(5-2)12-8-11-26-16-19-14-21(25)23(22(15-19)28-6-3)29-17-18-9-7-10-20(24)13-18/h7,9-10,13-15,26H,4-6,8,11-12,16-17H2,1-3H3. The Kier molecular flexibility index (Phi) is 10.6. The van der Waals surface area contributed by atoms with Gasteiger partial charge < -0.3 is 19.7 Å². The van der Waals surface area contributed by atoms with Gasteiger partial charge in [-0.25, -0.2) is 0 Å². The molecule has 0 bridgehead atoms. The van der Waals surface area contributed by atoms with Crippen LogP contribution in [0.25, 0.3) is 0 Å². The Bertz CT molecular complexity index is 752. The van der Waals surface area contributed by atoms with E-state index in [0.717, 1.165) is 50.3 Å². The minimum Gasteiger partial charge on any atom is -0.490 e. The second kappa shape index (κ2) is 13.0. The molecular formula is C23H32Cl2N2O2. The molecule has 0 radical (unpaired) electrons. The first-order valence-corrected chi connectivity index (χ1v) is 11.1. The largest absolute Gasteiger partial charge is 0.490 e. The van der Waals surface area contributed by atoms with E-state index in [9.17, 15) is 0 Å². The third kappa shape index (κ3) is 8.06. The normalized spacial score (nSPS) is 11.1. The van der Waals surface area contributed by atoms with Gasteiger partial charge in [-0.1, -0.05) is 49.2 Å². The van der Waals surface area contributed by atoms with Crippen LogP contribution in [-0.2, 0) is 13.2 Å². The molecule has 0 aliphatic carbocycles. The molecule has 0 amide bonds. The van der Waals surface area contributed by atoms with Crippen LogP contribution < -0.4 is 14.8 Å². The number of hydrogen-bond donors (Lipinski definition) is 1. The molecule has 0 unspecified atom stereocenters. The first-order valence-electron chi connectivity index (χ1n) is 10.3. The quantitative estimate of drug-likeness (QED) is 0.401. The van der Waals surface area contributed by atoms with Crippen molar-refractivity contribution in [2.75, 3.05) is 32.8 Å². The van der Waals surface area contributed by atoms with Crippen molar-refractivity contribution in [2.45, 2.75) is 40.3 Å². The van der Waals surface area contributed by atoms with E-state index in [2.05, 4.69) is 24.1 Å². The third-order valence-corrected chi connectivity index (χ3v) is 5.21. The second-order valence-electron chi connectivity index (χ2n) is 6.81. The van der Waals surface area contributed by atoms with Crippen molar-refractivity contribution in [2.24, 2.45) is 0 Å². The van der Waals surface area contributed by atoms with Crippen molar-refractivity contribution < 1.29 is 9.47 Å². The van der Waals surface area contributed by atoms with Crippen LogP contribution in [0.5, 0.6) is 11.5 Å². The zero-order valence-corrected chi connectivity index (χ0v) is 19.2. The van der Waals surface area contributed by atoms with E-state index < -0.39 is 0 Å². The van der Waals surface area contributed by atoms with Crippen molar-refractivity contribution in [1.82, 2.24) is 10.2 Å². The fraction of sp³-hybridized carbons (Fsp3) is 0.478. The molecule has 0 fully saturated rings. The zero-order valence-electron chi connectivity index (χ0n) is 17.6. The van der Waals surface area contributed by atoms with E-state index in [0.29, 0.717) is 34.8 Å². The molecule has 4 nitrogen and oxygen atoms in total. The highest BCUT2D eigenvalue weighted by molar-refractivity contribution is 6.32. The topological polar surface area (TPSA) is 33.7 Å². The minimum atomic E-state index is 0.378. The van der Waals surface area contributed by atoms with Gasteiger partial charge in [0.25, 0.3) is 0 Å². The summed E-state index contributed by atoms with van der Waals surface area (Å²) < 4.78 is 11.8. The minimum absolute atomic E-state index is 0.378. The number of ether oxygens (including phenoxy) is 2. The van der Waals surface area contributed by atoms with E-state index in [-0.39, 0.29) is 0 Å². The van der Waals surface area contributed by atoms with Crippen LogP contribution in [0, 0.1) is 0 Å². The summed E-state index contributed by atoms with van der Waals surface area (Å²) in [6, 6.07) is 11.5. The molecule has 2 aromatic carbocycles. The van der Waals surface area contributed by atoms with Crippen LogP contribution in [0.3, 0.4) is 0 Å². The van der Waals surface area contributed by atoms with E-state index in [1.54, 1.807) is 0 Å². The van der Waals surface area contributed by atoms with Gasteiger partial charge in [0.2, 0.25) is 0 Å². The molecule has 0 saturated heterocycles. The lowest BCUT2D eigenvalue weighted by molar-refractivity contribution is 0.269. The van der Waals surface area contributed by atoms with Crippen molar-refractivity contribution in [3.05, 3.63) is 57.6 Å². The van der Waals surface area contributed by atoms with E-state index in [1.165, 1.54) is 0 Å². The maximum atomic E-state index is 6.52. The highest BCUT2D eigenvalue weighted by atomic mass is 35.5. The van der Waals surface area contributed by atoms with Gasteiger partial charge >= 0.3 is 0 Å². The van der Waals surface area contributed by atoms with Crippen LogP contribution in [0.4, 0.5) is 0 Å². The second-order valence-corrected chi connectivity index (χ2v) is 7.66. The molecule has 0 heterocycles. The molecule has 29 heavy (non-hydrogen) atoms. The number of hydrogen-bond acceptors (Lipinski definition) is 4. The van der Waals surface area contributed by atoms with Gasteiger partial charge in [-0.3, -0.25) is 0 Å². The number of benzene rings is 2. The molecule has 0 aromatic heterocycles. The Labute approximate surface area is 185 Å². The van der Waals surface area contributed by atoms with E-state index in [4.69, 9.17) is 32.7 Å². The summed E-state index contributed by atoms with van der Waals surface area (Å²) in [6.07, 6.45) is 1.12. The highest BCUT2D eigenvalue weighted by Gasteiger charge is 2.13. The van der Waals surface area contributed by atoms with E-state index in [1.807, 2.05) is 43.3 Å². The number of halogens is 2. The first kappa shape index (κ1) is 23.8. The monoisotopic (exact) mass is 438 g/mol. The summed E-state index contributed by atoms with van der Waals surface area (Å²) >= 11 is 12.6. The fourth-order valence-corrected chi connectivity index (χ4v) is 3.61. The molecule has 6 heteroatoms. The number of nitrogens with zero attached hydrogens (tertiary/aromatic N) is 1. The third-order valence-electron chi connectivity index (χ3n) is 4.69. The smallest absolute Gasteiger partial charge is 0.180 e. The Morgan fingerprint density at radius 2 is 1.76 bits per heavy atom. The molecule has 0 spiro atoms. The van der Waals surface area contributed by atoms with Crippen molar-refractivity contribution in [3.8, 4) is 11.5 Å². The molecule has 2 rings (SSSR count). The predicted octanol–water partition coefficient (Wildman–Crippen LogP) is 5.79. The summed E-state index contributed by atoms with van der Waals surface area (Å²) in [6.45, 7) is 12.3. The van der Waals surface area contributed by atoms with Gasteiger partial charge in [-0.05, 0) is 74.9 Å². The molecule has 0 aliphatic heterocycles. The number of rotatable bonds is 13. The zero-order chi connectivity index (χ0) is 21.1. The van der Waals surface area contributed by atoms with Gasteiger partial charge in [-0.15, -0.1) is 0 Å². The Morgan fingerprint density at radius 3 is 2.45 bits per heavy atom. The molecule has 0 atom stereocenters. The molecular weight excluding hydrogens is 407 g/mol. The lowest BCUT2D eigenvalue weighted by atomic mass is 10.2. The fourth-order valence-electron chi connectivity index (χ4n) is 3.11. The van der Waals surface area contributed by atoms with Crippen molar-refractivity contribution in [1.29, 1.82) is 0 Å². The van der Waals surface area contributed by atoms with Crippen LogP contribution in [0.1, 0.15) is 38.3 Å². The van der Waals surface area contributed by atoms with Crippen LogP contribution in [0.15, 0.2) is 36.4 Å². The SMILES string of the molecule is CCOc1cc(CNCCCN(CC)CC)cc(Cl)c1OCc1cccc(Cl)c1. The average Bonchev–Trinajstić information content (AvgIpc) is 2.70. The van der Waals surface area contributed by atoms with Crippen LogP contribution >= 0.6 is 23.2 Å². The van der Waals surface area contributed by atoms with Crippen molar-refractivity contribution >= 4 is 23.2 Å². The summed E-state index contributed by atoms with van der Waals surface area (Å²) in [5.74, 6) is 1.24. The van der Waals surface area contributed by atoms with Gasteiger partial charge in [0, 0.05) is 11.6 Å². The molecule has 1 N–H and O–H groups in total. The van der Waals surface area contributed by atoms with Gasteiger partial charge in [-0.2, -0.15) is 0 Å². The van der Waals surface area contributed by atoms with Crippen molar-refractivity contribution in [3.63, 3.8) is 0 Å². The summed E-state index contributed by atoms with van der Waals surface area (Å²) in [4.78, 5) is 2.43. The summed E-state index contributed by atoms with van der Waals surface area (Å²) in [5.41, 5.74) is 2.06. The summed E-state index contributed by atoms with van der Waals surface area (Å²) in [7, 11) is 0. The summed E-state index contributed by atoms with van der Waals surface area (Å²) in [5, 5.41) is 4.73. The molecule has 0 saturated carbocycles. The Balaban J connectivity index is 1.95. The first-order chi connectivity index (χ1) is 14.1. The average molecular weight is 439 g/mol. The lowest BCUT2D eigenvalue weighted by Gasteiger charge is -2.18. The van der Waals surface area contributed by atoms with Gasteiger partial charge in [0.15, 0.2) is 11.5 Å². The van der Waals surface area contributed by atoms with E-state index >= 15 is 0 Å². The molecule has 160 valence electrons. The lowest BCUT2D eigenvalue weighted by Crippen LogP contribution is -2.27. The number of nitrogens with one attached hydrogen (secondary N) is 1.